The van der Waals surface area contributed by atoms with Gasteiger partial charge in [-0.05, 0) is 24.8 Å². The van der Waals surface area contributed by atoms with Crippen molar-refractivity contribution in [3.63, 3.8) is 0 Å². The van der Waals surface area contributed by atoms with Crippen LogP contribution in [0.3, 0.4) is 0 Å². The fourth-order valence-corrected chi connectivity index (χ4v) is 1.71. The molecule has 2 nitrogen and oxygen atoms in total. The van der Waals surface area contributed by atoms with Crippen LogP contribution in [0.25, 0.3) is 0 Å². The van der Waals surface area contributed by atoms with Crippen molar-refractivity contribution < 1.29 is 4.74 Å². The van der Waals surface area contributed by atoms with Gasteiger partial charge in [-0.2, -0.15) is 0 Å². The van der Waals surface area contributed by atoms with Gasteiger partial charge in [0.05, 0.1) is 6.61 Å². The van der Waals surface area contributed by atoms with Crippen LogP contribution >= 0.6 is 0 Å². The van der Waals surface area contributed by atoms with Gasteiger partial charge in [-0.3, -0.25) is 0 Å². The van der Waals surface area contributed by atoms with Crippen molar-refractivity contribution in [2.45, 2.75) is 33.2 Å². The standard InChI is InChI=1S/C15H23NO/c1-5-7-13-8-6-9-14(12(4)16)15(13)17-10-11(2)3/h5-6,8-9,11-12H,1,7,10,16H2,2-4H3. The fraction of sp³-hybridized carbons (Fsp3) is 0.467. The fourth-order valence-electron chi connectivity index (χ4n) is 1.71. The Balaban J connectivity index is 3.04. The first kappa shape index (κ1) is 13.8. The molecule has 0 spiro atoms. The van der Waals surface area contributed by atoms with E-state index in [-0.39, 0.29) is 6.04 Å². The Kier molecular flexibility index (Phi) is 5.23. The lowest BCUT2D eigenvalue weighted by atomic mass is 10.0. The van der Waals surface area contributed by atoms with E-state index in [1.165, 1.54) is 0 Å². The zero-order chi connectivity index (χ0) is 12.8. The second-order valence-corrected chi connectivity index (χ2v) is 4.82. The molecule has 2 heteroatoms. The minimum absolute atomic E-state index is 0.0121. The zero-order valence-electron chi connectivity index (χ0n) is 11.1. The van der Waals surface area contributed by atoms with Gasteiger partial charge in [0.15, 0.2) is 0 Å². The van der Waals surface area contributed by atoms with Crippen LogP contribution in [0.15, 0.2) is 30.9 Å². The second kappa shape index (κ2) is 6.45. The highest BCUT2D eigenvalue weighted by molar-refractivity contribution is 5.44. The number of rotatable bonds is 6. The Morgan fingerprint density at radius 3 is 2.59 bits per heavy atom. The molecule has 0 aromatic heterocycles. The lowest BCUT2D eigenvalue weighted by molar-refractivity contribution is 0.265. The lowest BCUT2D eigenvalue weighted by Crippen LogP contribution is -2.12. The molecule has 0 aliphatic carbocycles. The van der Waals surface area contributed by atoms with Crippen LogP contribution in [0.4, 0.5) is 0 Å². The Morgan fingerprint density at radius 1 is 1.35 bits per heavy atom. The first-order chi connectivity index (χ1) is 8.06. The van der Waals surface area contributed by atoms with Gasteiger partial charge in [-0.15, -0.1) is 6.58 Å². The Morgan fingerprint density at radius 2 is 2.06 bits per heavy atom. The van der Waals surface area contributed by atoms with E-state index >= 15 is 0 Å². The summed E-state index contributed by atoms with van der Waals surface area (Å²) in [6, 6.07) is 6.12. The molecular weight excluding hydrogens is 210 g/mol. The molecule has 2 N–H and O–H groups in total. The Labute approximate surface area is 104 Å². The molecule has 0 fully saturated rings. The number of hydrogen-bond acceptors (Lipinski definition) is 2. The number of nitrogens with two attached hydrogens (primary N) is 1. The summed E-state index contributed by atoms with van der Waals surface area (Å²) >= 11 is 0. The molecule has 0 bridgehead atoms. The van der Waals surface area contributed by atoms with Crippen molar-refractivity contribution >= 4 is 0 Å². The molecule has 0 saturated carbocycles. The molecule has 0 aliphatic rings. The summed E-state index contributed by atoms with van der Waals surface area (Å²) < 4.78 is 5.92. The smallest absolute Gasteiger partial charge is 0.127 e. The molecule has 94 valence electrons. The van der Waals surface area contributed by atoms with Crippen LogP contribution in [-0.4, -0.2) is 6.61 Å². The monoisotopic (exact) mass is 233 g/mol. The minimum atomic E-state index is -0.0121. The van der Waals surface area contributed by atoms with Crippen molar-refractivity contribution in [3.05, 3.63) is 42.0 Å². The maximum Gasteiger partial charge on any atom is 0.127 e. The first-order valence-corrected chi connectivity index (χ1v) is 6.17. The van der Waals surface area contributed by atoms with Gasteiger partial charge in [0.2, 0.25) is 0 Å². The highest BCUT2D eigenvalue weighted by Gasteiger charge is 2.12. The maximum atomic E-state index is 5.98. The Hall–Kier alpha value is -1.28. The van der Waals surface area contributed by atoms with Crippen LogP contribution in [0, 0.1) is 5.92 Å². The molecule has 0 radical (unpaired) electrons. The number of ether oxygens (including phenoxy) is 1. The molecular formula is C15H23NO. The van der Waals surface area contributed by atoms with Crippen molar-refractivity contribution in [1.29, 1.82) is 0 Å². The summed E-state index contributed by atoms with van der Waals surface area (Å²) in [5.74, 6) is 1.45. The summed E-state index contributed by atoms with van der Waals surface area (Å²) in [5, 5.41) is 0. The van der Waals surface area contributed by atoms with E-state index in [2.05, 4.69) is 26.5 Å². The third-order valence-electron chi connectivity index (χ3n) is 2.54. The van der Waals surface area contributed by atoms with Gasteiger partial charge in [0.25, 0.3) is 0 Å². The summed E-state index contributed by atoms with van der Waals surface area (Å²) in [6.07, 6.45) is 2.70. The van der Waals surface area contributed by atoms with E-state index in [1.807, 2.05) is 25.1 Å². The molecule has 1 rings (SSSR count). The average molecular weight is 233 g/mol. The van der Waals surface area contributed by atoms with Crippen LogP contribution in [-0.2, 0) is 6.42 Å². The van der Waals surface area contributed by atoms with Gasteiger partial charge >= 0.3 is 0 Å². The third kappa shape index (κ3) is 3.90. The average Bonchev–Trinajstić information content (AvgIpc) is 2.27. The van der Waals surface area contributed by atoms with Gasteiger partial charge in [-0.25, -0.2) is 0 Å². The van der Waals surface area contributed by atoms with Crippen LogP contribution in [0.2, 0.25) is 0 Å². The van der Waals surface area contributed by atoms with Crippen molar-refractivity contribution in [2.75, 3.05) is 6.61 Å². The quantitative estimate of drug-likeness (QED) is 0.764. The minimum Gasteiger partial charge on any atom is -0.493 e. The molecule has 0 heterocycles. The van der Waals surface area contributed by atoms with Crippen LogP contribution in [0.5, 0.6) is 5.75 Å². The van der Waals surface area contributed by atoms with E-state index in [9.17, 15) is 0 Å². The topological polar surface area (TPSA) is 35.2 Å². The highest BCUT2D eigenvalue weighted by atomic mass is 16.5. The Bertz CT molecular complexity index is 369. The molecule has 1 atom stereocenters. The van der Waals surface area contributed by atoms with E-state index in [0.29, 0.717) is 12.5 Å². The molecule has 17 heavy (non-hydrogen) atoms. The van der Waals surface area contributed by atoms with E-state index < -0.39 is 0 Å². The van der Waals surface area contributed by atoms with Crippen molar-refractivity contribution in [1.82, 2.24) is 0 Å². The zero-order valence-corrected chi connectivity index (χ0v) is 11.1. The van der Waals surface area contributed by atoms with Crippen LogP contribution < -0.4 is 10.5 Å². The first-order valence-electron chi connectivity index (χ1n) is 6.17. The molecule has 1 aromatic rings. The van der Waals surface area contributed by atoms with Gasteiger partial charge in [-0.1, -0.05) is 38.1 Å². The number of hydrogen-bond donors (Lipinski definition) is 1. The van der Waals surface area contributed by atoms with Gasteiger partial charge in [0, 0.05) is 11.6 Å². The molecule has 0 saturated heterocycles. The van der Waals surface area contributed by atoms with E-state index in [4.69, 9.17) is 10.5 Å². The third-order valence-corrected chi connectivity index (χ3v) is 2.54. The van der Waals surface area contributed by atoms with Crippen LogP contribution in [0.1, 0.15) is 37.9 Å². The summed E-state index contributed by atoms with van der Waals surface area (Å²) in [6.45, 7) is 10.8. The molecule has 0 aliphatic heterocycles. The largest absolute Gasteiger partial charge is 0.493 e. The summed E-state index contributed by atoms with van der Waals surface area (Å²) in [5.41, 5.74) is 8.22. The second-order valence-electron chi connectivity index (χ2n) is 4.82. The molecule has 0 amide bonds. The molecule has 1 aromatic carbocycles. The number of allylic oxidation sites excluding steroid dienone is 1. The predicted molar refractivity (Wildman–Crippen MR) is 73.3 cm³/mol. The predicted octanol–water partition coefficient (Wildman–Crippen LogP) is 3.47. The van der Waals surface area contributed by atoms with Crippen molar-refractivity contribution in [3.8, 4) is 5.75 Å². The summed E-state index contributed by atoms with van der Waals surface area (Å²) in [7, 11) is 0. The molecule has 1 unspecified atom stereocenters. The normalized spacial score (nSPS) is 12.5. The van der Waals surface area contributed by atoms with Crippen molar-refractivity contribution in [2.24, 2.45) is 11.7 Å². The lowest BCUT2D eigenvalue weighted by Gasteiger charge is -2.18. The SMILES string of the molecule is C=CCc1cccc(C(C)N)c1OCC(C)C. The van der Waals surface area contributed by atoms with Gasteiger partial charge in [0.1, 0.15) is 5.75 Å². The van der Waals surface area contributed by atoms with E-state index in [1.54, 1.807) is 0 Å². The number of benzene rings is 1. The maximum absolute atomic E-state index is 5.98. The van der Waals surface area contributed by atoms with E-state index in [0.717, 1.165) is 23.3 Å². The number of para-hydroxylation sites is 1. The highest BCUT2D eigenvalue weighted by Crippen LogP contribution is 2.29. The van der Waals surface area contributed by atoms with Gasteiger partial charge < -0.3 is 10.5 Å². The summed E-state index contributed by atoms with van der Waals surface area (Å²) in [4.78, 5) is 0.